The van der Waals surface area contributed by atoms with Crippen LogP contribution in [0, 0.1) is 0 Å². The molecule has 1 aromatic carbocycles. The molecule has 1 aromatic rings. The minimum Gasteiger partial charge on any atom is -0.491 e. The first kappa shape index (κ1) is 11.9. The van der Waals surface area contributed by atoms with Gasteiger partial charge in [0.05, 0.1) is 6.61 Å². The molecule has 1 aliphatic rings. The monoisotopic (exact) mass is 285 g/mol. The van der Waals surface area contributed by atoms with Crippen molar-refractivity contribution in [3.63, 3.8) is 0 Å². The molecular formula is C12H16BrNO2. The number of morpholine rings is 1. The zero-order valence-corrected chi connectivity index (χ0v) is 10.9. The molecule has 0 N–H and O–H groups in total. The van der Waals surface area contributed by atoms with E-state index in [1.165, 1.54) is 0 Å². The number of nitrogens with zero attached hydrogens (tertiary/aromatic N) is 1. The summed E-state index contributed by atoms with van der Waals surface area (Å²) in [6, 6.07) is 7.86. The highest BCUT2D eigenvalue weighted by molar-refractivity contribution is 9.10. The van der Waals surface area contributed by atoms with Gasteiger partial charge in [-0.1, -0.05) is 15.9 Å². The molecule has 1 aliphatic heterocycles. The Labute approximate surface area is 104 Å². The fraction of sp³-hybridized carbons (Fsp3) is 0.500. The Morgan fingerprint density at radius 1 is 1.44 bits per heavy atom. The van der Waals surface area contributed by atoms with Gasteiger partial charge in [0.1, 0.15) is 18.5 Å². The highest BCUT2D eigenvalue weighted by atomic mass is 79.9. The average Bonchev–Trinajstić information content (AvgIpc) is 2.28. The number of rotatable bonds is 3. The molecule has 0 unspecified atom stereocenters. The minimum atomic E-state index is 0.183. The van der Waals surface area contributed by atoms with Crippen molar-refractivity contribution in [1.82, 2.24) is 4.90 Å². The molecule has 1 saturated heterocycles. The maximum absolute atomic E-state index is 5.68. The van der Waals surface area contributed by atoms with E-state index in [1.807, 2.05) is 24.3 Å². The molecule has 2 rings (SSSR count). The second-order valence-corrected chi connectivity index (χ2v) is 4.94. The highest BCUT2D eigenvalue weighted by Gasteiger charge is 2.17. The van der Waals surface area contributed by atoms with E-state index >= 15 is 0 Å². The lowest BCUT2D eigenvalue weighted by Crippen LogP contribution is -2.42. The molecule has 0 bridgehead atoms. The Hall–Kier alpha value is -0.580. The topological polar surface area (TPSA) is 21.7 Å². The van der Waals surface area contributed by atoms with Crippen LogP contribution in [-0.4, -0.2) is 44.4 Å². The van der Waals surface area contributed by atoms with Gasteiger partial charge in [-0.05, 0) is 31.3 Å². The lowest BCUT2D eigenvalue weighted by Gasteiger charge is -2.29. The molecule has 0 saturated carbocycles. The van der Waals surface area contributed by atoms with E-state index in [1.54, 1.807) is 0 Å². The number of likely N-dealkylation sites (N-methyl/N-ethyl adjacent to an activating group) is 1. The van der Waals surface area contributed by atoms with Gasteiger partial charge in [0, 0.05) is 17.6 Å². The second-order valence-electron chi connectivity index (χ2n) is 4.02. The zero-order valence-electron chi connectivity index (χ0n) is 9.36. The Kier molecular flexibility index (Phi) is 4.21. The number of halogens is 1. The molecule has 0 radical (unpaired) electrons. The smallest absolute Gasteiger partial charge is 0.119 e. The predicted octanol–water partition coefficient (Wildman–Crippen LogP) is 2.16. The predicted molar refractivity (Wildman–Crippen MR) is 66.9 cm³/mol. The summed E-state index contributed by atoms with van der Waals surface area (Å²) < 4.78 is 12.4. The van der Waals surface area contributed by atoms with Crippen LogP contribution in [0.25, 0.3) is 0 Å². The van der Waals surface area contributed by atoms with Gasteiger partial charge < -0.3 is 14.4 Å². The third-order valence-electron chi connectivity index (χ3n) is 2.59. The summed E-state index contributed by atoms with van der Waals surface area (Å²) >= 11 is 3.39. The van der Waals surface area contributed by atoms with Gasteiger partial charge in [0.2, 0.25) is 0 Å². The summed E-state index contributed by atoms with van der Waals surface area (Å²) in [6.45, 7) is 3.36. The van der Waals surface area contributed by atoms with E-state index in [9.17, 15) is 0 Å². The Morgan fingerprint density at radius 3 is 2.88 bits per heavy atom. The van der Waals surface area contributed by atoms with Gasteiger partial charge >= 0.3 is 0 Å². The summed E-state index contributed by atoms with van der Waals surface area (Å²) in [4.78, 5) is 2.26. The van der Waals surface area contributed by atoms with Crippen LogP contribution in [0.3, 0.4) is 0 Å². The largest absolute Gasteiger partial charge is 0.491 e. The molecule has 0 amide bonds. The molecule has 1 heterocycles. The van der Waals surface area contributed by atoms with Crippen LogP contribution in [-0.2, 0) is 4.74 Å². The van der Waals surface area contributed by atoms with Crippen LogP contribution >= 0.6 is 15.9 Å². The summed E-state index contributed by atoms with van der Waals surface area (Å²) in [5.74, 6) is 0.889. The van der Waals surface area contributed by atoms with Crippen LogP contribution in [0.4, 0.5) is 0 Å². The molecule has 0 aliphatic carbocycles. The average molecular weight is 286 g/mol. The lowest BCUT2D eigenvalue weighted by atomic mass is 10.3. The Bertz CT molecular complexity index is 328. The molecule has 0 spiro atoms. The fourth-order valence-electron chi connectivity index (χ4n) is 1.69. The van der Waals surface area contributed by atoms with Gasteiger partial charge in [-0.2, -0.15) is 0 Å². The SMILES string of the molecule is CN1CCO[C@@H](COc2ccc(Br)cc2)C1. The van der Waals surface area contributed by atoms with Gasteiger partial charge in [-0.3, -0.25) is 0 Å². The molecule has 1 fully saturated rings. The summed E-state index contributed by atoms with van der Waals surface area (Å²) in [5.41, 5.74) is 0. The van der Waals surface area contributed by atoms with Crippen LogP contribution in [0.5, 0.6) is 5.75 Å². The van der Waals surface area contributed by atoms with Crippen molar-refractivity contribution in [3.8, 4) is 5.75 Å². The van der Waals surface area contributed by atoms with Crippen molar-refractivity contribution in [1.29, 1.82) is 0 Å². The molecule has 0 aromatic heterocycles. The molecule has 3 nitrogen and oxygen atoms in total. The maximum Gasteiger partial charge on any atom is 0.119 e. The molecule has 4 heteroatoms. The third kappa shape index (κ3) is 3.47. The minimum absolute atomic E-state index is 0.183. The van der Waals surface area contributed by atoms with Crippen LogP contribution in [0.15, 0.2) is 28.7 Å². The van der Waals surface area contributed by atoms with Crippen LogP contribution in [0.2, 0.25) is 0 Å². The Balaban J connectivity index is 1.80. The normalized spacial score (nSPS) is 22.0. The standard InChI is InChI=1S/C12H16BrNO2/c1-14-6-7-15-12(8-14)9-16-11-4-2-10(13)3-5-11/h2-5,12H,6-9H2,1H3/t12-/m1/s1. The molecule has 1 atom stereocenters. The van der Waals surface area contributed by atoms with E-state index in [0.717, 1.165) is 29.9 Å². The van der Waals surface area contributed by atoms with Crippen molar-refractivity contribution in [2.75, 3.05) is 33.4 Å². The van der Waals surface area contributed by atoms with Crippen LogP contribution < -0.4 is 4.74 Å². The lowest BCUT2D eigenvalue weighted by molar-refractivity contribution is -0.0403. The quantitative estimate of drug-likeness (QED) is 0.850. The van der Waals surface area contributed by atoms with Crippen molar-refractivity contribution >= 4 is 15.9 Å². The fourth-order valence-corrected chi connectivity index (χ4v) is 1.95. The van der Waals surface area contributed by atoms with Gasteiger partial charge in [0.25, 0.3) is 0 Å². The van der Waals surface area contributed by atoms with E-state index in [4.69, 9.17) is 9.47 Å². The summed E-state index contributed by atoms with van der Waals surface area (Å²) in [7, 11) is 2.11. The Morgan fingerprint density at radius 2 is 2.19 bits per heavy atom. The van der Waals surface area contributed by atoms with E-state index in [0.29, 0.717) is 6.61 Å². The van der Waals surface area contributed by atoms with Crippen molar-refractivity contribution in [2.24, 2.45) is 0 Å². The number of ether oxygens (including phenoxy) is 2. The van der Waals surface area contributed by atoms with Gasteiger partial charge in [-0.25, -0.2) is 0 Å². The van der Waals surface area contributed by atoms with E-state index in [2.05, 4.69) is 27.9 Å². The highest BCUT2D eigenvalue weighted by Crippen LogP contribution is 2.16. The van der Waals surface area contributed by atoms with Gasteiger partial charge in [0.15, 0.2) is 0 Å². The third-order valence-corrected chi connectivity index (χ3v) is 3.12. The van der Waals surface area contributed by atoms with Crippen molar-refractivity contribution in [2.45, 2.75) is 6.10 Å². The van der Waals surface area contributed by atoms with Gasteiger partial charge in [-0.15, -0.1) is 0 Å². The molecular weight excluding hydrogens is 270 g/mol. The maximum atomic E-state index is 5.68. The second kappa shape index (κ2) is 5.66. The molecule has 88 valence electrons. The van der Waals surface area contributed by atoms with Crippen LogP contribution in [0.1, 0.15) is 0 Å². The van der Waals surface area contributed by atoms with Crippen molar-refractivity contribution < 1.29 is 9.47 Å². The first-order chi connectivity index (χ1) is 7.74. The number of hydrogen-bond donors (Lipinski definition) is 0. The first-order valence-electron chi connectivity index (χ1n) is 5.42. The summed E-state index contributed by atoms with van der Waals surface area (Å²) in [5, 5.41) is 0. The molecule has 16 heavy (non-hydrogen) atoms. The van der Waals surface area contributed by atoms with Crippen molar-refractivity contribution in [3.05, 3.63) is 28.7 Å². The first-order valence-corrected chi connectivity index (χ1v) is 6.22. The number of hydrogen-bond acceptors (Lipinski definition) is 3. The number of benzene rings is 1. The van der Waals surface area contributed by atoms with E-state index in [-0.39, 0.29) is 6.10 Å². The van der Waals surface area contributed by atoms with E-state index < -0.39 is 0 Å². The zero-order chi connectivity index (χ0) is 11.4. The summed E-state index contributed by atoms with van der Waals surface area (Å²) in [6.07, 6.45) is 0.183.